The number of carboxylic acids is 1. The Bertz CT molecular complexity index is 3130. The number of aliphatic hydroxyl groups excluding tert-OH is 1. The van der Waals surface area contributed by atoms with Gasteiger partial charge < -0.3 is 63.4 Å². The van der Waals surface area contributed by atoms with Crippen LogP contribution in [0.25, 0.3) is 0 Å². The van der Waals surface area contributed by atoms with Gasteiger partial charge in [0.05, 0.1) is 6.10 Å². The molecule has 0 unspecified atom stereocenters. The van der Waals surface area contributed by atoms with Crippen molar-refractivity contribution >= 4 is 66.4 Å². The van der Waals surface area contributed by atoms with Gasteiger partial charge in [-0.3, -0.25) is 9.59 Å². The Labute approximate surface area is 578 Å². The lowest BCUT2D eigenvalue weighted by atomic mass is 10.2. The molecule has 3 aliphatic carbocycles. The molecule has 35 heteroatoms. The molecule has 6 N–H and O–H groups in total. The van der Waals surface area contributed by atoms with Crippen LogP contribution < -0.4 is 29.3 Å². The van der Waals surface area contributed by atoms with Crippen molar-refractivity contribution in [1.29, 1.82) is 0 Å². The lowest BCUT2D eigenvalue weighted by Gasteiger charge is -2.24. The molecule has 0 saturated heterocycles. The molecule has 21 nitrogen and oxygen atoms in total. The van der Waals surface area contributed by atoms with Gasteiger partial charge in [-0.2, -0.15) is 22.6 Å². The molecule has 0 heterocycles. The average molecular weight is 1510 g/mol. The molecule has 0 radical (unpaired) electrons. The van der Waals surface area contributed by atoms with Crippen LogP contribution in [0.4, 0.5) is 53.5 Å². The van der Waals surface area contributed by atoms with Crippen LogP contribution in [-0.4, -0.2) is 118 Å². The van der Waals surface area contributed by atoms with E-state index in [1.165, 1.54) is 70.6 Å². The number of nitrogens with zero attached hydrogens (tertiary/aromatic N) is 1. The van der Waals surface area contributed by atoms with Crippen LogP contribution in [0.3, 0.4) is 0 Å². The van der Waals surface area contributed by atoms with E-state index in [9.17, 15) is 77.0 Å². The number of phenolic OH excluding ortho intramolecular Hbond substituents is 1. The summed E-state index contributed by atoms with van der Waals surface area (Å²) in [6.45, 7) is 24.7. The minimum atomic E-state index is -4.91. The van der Waals surface area contributed by atoms with Crippen molar-refractivity contribution in [1.82, 2.24) is 20.6 Å². The van der Waals surface area contributed by atoms with Crippen LogP contribution in [0.1, 0.15) is 160 Å². The molecule has 0 spiro atoms. The van der Waals surface area contributed by atoms with E-state index in [2.05, 4.69) is 45.9 Å². The zero-order chi connectivity index (χ0) is 75.8. The SMILES string of the molecule is CCN(CC)CC.C[C@H](NC(=O)OC(C)(C)C)C(=O)O.C[C@H](NC(=O)OC(C)(C)C)C(=O)OC1CCCC1.C[C@H](N[P@](=O)(Oc1ccccc1)Oc1c(F)c(F)c(F)c(F)c1F)C(=O)OC1CCCC1.O=P(Cl)(Cl)Oc1ccccc1.OC1CCCC1.Oc1c(F)c(F)c(F)c(F)c1F. The van der Waals surface area contributed by atoms with E-state index >= 15 is 0 Å². The predicted molar refractivity (Wildman–Crippen MR) is 348 cm³/mol. The molecule has 3 saturated carbocycles. The van der Waals surface area contributed by atoms with Gasteiger partial charge in [0.15, 0.2) is 5.75 Å². The van der Waals surface area contributed by atoms with Crippen molar-refractivity contribution in [3.05, 3.63) is 119 Å². The topological polar surface area (TPSA) is 284 Å². The minimum absolute atomic E-state index is 0.0142. The monoisotopic (exact) mass is 1510 g/mol. The number of aliphatic carboxylic acids is 1. The largest absolute Gasteiger partial charge is 0.513 e. The van der Waals surface area contributed by atoms with Crippen LogP contribution in [0.15, 0.2) is 60.7 Å². The number of alkyl carbamates (subject to hydrolysis) is 2. The highest BCUT2D eigenvalue weighted by atomic mass is 35.9. The van der Waals surface area contributed by atoms with E-state index in [4.69, 9.17) is 65.8 Å². The van der Waals surface area contributed by atoms with Gasteiger partial charge in [-0.15, -0.1) is 0 Å². The molecule has 560 valence electrons. The highest BCUT2D eigenvalue weighted by Crippen LogP contribution is 2.57. The summed E-state index contributed by atoms with van der Waals surface area (Å²) >= 11 is 10.3. The number of carbonyl (C=O) groups is 5. The van der Waals surface area contributed by atoms with Crippen molar-refractivity contribution in [3.8, 4) is 23.0 Å². The van der Waals surface area contributed by atoms with Crippen LogP contribution >= 0.6 is 36.3 Å². The summed E-state index contributed by atoms with van der Waals surface area (Å²) in [5.41, 5.74) is -1.18. The maximum absolute atomic E-state index is 14.1. The van der Waals surface area contributed by atoms with E-state index < -0.39 is 143 Å². The number of carboxylic acid groups (broad SMARTS) is 1. The summed E-state index contributed by atoms with van der Waals surface area (Å²) in [7, 11) is -4.91. The molecule has 4 atom stereocenters. The molecule has 4 aromatic rings. The highest BCUT2D eigenvalue weighted by molar-refractivity contribution is 8.05. The Hall–Kier alpha value is -6.75. The maximum atomic E-state index is 14.1. The number of hydrogen-bond acceptors (Lipinski definition) is 17. The smallest absolute Gasteiger partial charge is 0.503 e. The van der Waals surface area contributed by atoms with Crippen molar-refractivity contribution in [2.45, 2.75) is 208 Å². The maximum Gasteiger partial charge on any atom is 0.513 e. The number of halogens is 12. The van der Waals surface area contributed by atoms with Gasteiger partial charge in [-0.25, -0.2) is 49.9 Å². The summed E-state index contributed by atoms with van der Waals surface area (Å²) in [5, 5.41) is 32.3. The van der Waals surface area contributed by atoms with Crippen molar-refractivity contribution < 1.29 is 125 Å². The van der Waals surface area contributed by atoms with Gasteiger partial charge in [0.1, 0.15) is 53.0 Å². The fraction of sp³-hybridized carbons (Fsp3) is 0.547. The third kappa shape index (κ3) is 35.9. The normalized spacial score (nSPS) is 15.3. The summed E-state index contributed by atoms with van der Waals surface area (Å²) in [6.07, 6.45) is 6.62. The van der Waals surface area contributed by atoms with Crippen molar-refractivity contribution in [2.75, 3.05) is 19.6 Å². The van der Waals surface area contributed by atoms with E-state index in [0.29, 0.717) is 18.6 Å². The van der Waals surface area contributed by atoms with Gasteiger partial charge in [0.25, 0.3) is 0 Å². The van der Waals surface area contributed by atoms with Crippen LogP contribution in [0.5, 0.6) is 23.0 Å². The van der Waals surface area contributed by atoms with Crippen LogP contribution in [-0.2, 0) is 42.5 Å². The quantitative estimate of drug-likeness (QED) is 0.0135. The molecule has 0 bridgehead atoms. The lowest BCUT2D eigenvalue weighted by Crippen LogP contribution is -2.43. The number of benzene rings is 4. The zero-order valence-electron chi connectivity index (χ0n) is 56.8. The third-order valence-electron chi connectivity index (χ3n) is 13.2. The molecule has 3 aliphatic rings. The molecule has 2 amide bonds. The number of para-hydroxylation sites is 2. The number of aromatic hydroxyl groups is 1. The molecule has 3 fully saturated rings. The fourth-order valence-corrected chi connectivity index (χ4v) is 10.5. The number of carbonyl (C=O) groups excluding carboxylic acids is 4. The molecule has 0 aliphatic heterocycles. The standard InChI is InChI=1S/C20H19F5NO5P.C13H23NO4.C8H15NO4.C6H5Cl2O2P.C6HF5O.C6H15N.C5H10O/c1-11(20(27)29-12-7-5-6-8-12)26-32(28,30-13-9-3-2-4-10-13)31-19-17(24)15(22)14(21)16(23)18(19)25;1-9(14-12(16)18-13(2,3)4)11(15)17-10-7-5-6-8-10;1-5(6(10)11)9-7(12)13-8(2,3)4;7-11(8,9)10-6-4-2-1-3-5-6;7-1-2(8)4(10)6(12)5(11)3(1)9;1-4-7(5-2)6-3;6-5-3-1-2-4-5/h2-4,9-12H,5-8H2,1H3,(H,26,28);9-10H,5-8H2,1-4H3,(H,14,16);5H,1-4H3,(H,9,12)(H,10,11);1-5H;12H;4-6H2,1-3H3;5-6H,1-4H2/t11-,32-;9-;5-;;;;/m000..../s1. The fourth-order valence-electron chi connectivity index (χ4n) is 8.17. The van der Waals surface area contributed by atoms with Crippen LogP contribution in [0, 0.1) is 58.2 Å². The molecule has 99 heavy (non-hydrogen) atoms. The first-order valence-electron chi connectivity index (χ1n) is 31.2. The van der Waals surface area contributed by atoms with Crippen LogP contribution in [0.2, 0.25) is 0 Å². The first-order chi connectivity index (χ1) is 45.9. The lowest BCUT2D eigenvalue weighted by molar-refractivity contribution is -0.151. The van der Waals surface area contributed by atoms with Gasteiger partial charge in [-0.1, -0.05) is 70.0 Å². The number of amides is 2. The van der Waals surface area contributed by atoms with E-state index in [-0.39, 0.29) is 24.1 Å². The van der Waals surface area contributed by atoms with E-state index in [1.807, 2.05) is 0 Å². The Morgan fingerprint density at radius 1 is 0.515 bits per heavy atom. The minimum Gasteiger partial charge on any atom is -0.503 e. The Morgan fingerprint density at radius 3 is 1.15 bits per heavy atom. The van der Waals surface area contributed by atoms with Gasteiger partial charge in [0.2, 0.25) is 63.9 Å². The second-order valence-electron chi connectivity index (χ2n) is 23.8. The number of phenols is 1. The summed E-state index contributed by atoms with van der Waals surface area (Å²) in [6, 6.07) is 12.7. The first-order valence-corrected chi connectivity index (χ1v) is 36.2. The number of esters is 2. The molecule has 7 rings (SSSR count). The van der Waals surface area contributed by atoms with Crippen molar-refractivity contribution in [2.24, 2.45) is 0 Å². The number of hydrogen-bond donors (Lipinski definition) is 6. The summed E-state index contributed by atoms with van der Waals surface area (Å²) in [4.78, 5) is 59.2. The second-order valence-corrected chi connectivity index (χ2v) is 29.6. The predicted octanol–water partition coefficient (Wildman–Crippen LogP) is 16.8. The summed E-state index contributed by atoms with van der Waals surface area (Å²) < 4.78 is 188. The van der Waals surface area contributed by atoms with Crippen molar-refractivity contribution in [3.63, 3.8) is 0 Å². The number of aliphatic hydroxyl groups is 1. The molecular weight excluding hydrogens is 1420 g/mol. The molecule has 4 aromatic carbocycles. The van der Waals surface area contributed by atoms with Gasteiger partial charge in [0, 0.05) is 22.5 Å². The summed E-state index contributed by atoms with van der Waals surface area (Å²) in [5.74, 6) is -28.5. The first kappa shape index (κ1) is 90.3. The number of ether oxygens (including phenoxy) is 4. The Kier molecular flexibility index (Phi) is 39.9. The Morgan fingerprint density at radius 2 is 0.838 bits per heavy atom. The second kappa shape index (κ2) is 43.8. The van der Waals surface area contributed by atoms with Gasteiger partial charge >= 0.3 is 43.9 Å². The highest BCUT2D eigenvalue weighted by Gasteiger charge is 2.39. The van der Waals surface area contributed by atoms with E-state index in [0.717, 1.165) is 51.4 Å². The van der Waals surface area contributed by atoms with Gasteiger partial charge in [-0.05, 0) is 170 Å². The molecular formula is C64H88Cl2F10N4O17P2. The average Bonchev–Trinajstić information content (AvgIpc) is 1.70. The number of rotatable bonds is 18. The van der Waals surface area contributed by atoms with E-state index in [1.54, 1.807) is 84.9 Å². The Balaban J connectivity index is 0.000000625. The third-order valence-corrected chi connectivity index (χ3v) is 15.6. The molecule has 0 aromatic heterocycles. The zero-order valence-corrected chi connectivity index (χ0v) is 60.1. The number of nitrogens with one attached hydrogen (secondary N) is 3.